The number of nitrogens with zero attached hydrogens (tertiary/aromatic N) is 3. The van der Waals surface area contributed by atoms with E-state index in [1.54, 1.807) is 11.3 Å². The van der Waals surface area contributed by atoms with Crippen LogP contribution in [-0.2, 0) is 13.0 Å². The Labute approximate surface area is 189 Å². The summed E-state index contributed by atoms with van der Waals surface area (Å²) >= 11 is 19.9. The molecule has 2 aromatic heterocycles. The third kappa shape index (κ3) is 4.62. The first-order chi connectivity index (χ1) is 14.0. The molecule has 7 heteroatoms. The Morgan fingerprint density at radius 1 is 1.03 bits per heavy atom. The lowest BCUT2D eigenvalue weighted by Gasteiger charge is -2.21. The van der Waals surface area contributed by atoms with Crippen molar-refractivity contribution in [1.82, 2.24) is 14.3 Å². The molecule has 0 bridgehead atoms. The molecular weight excluding hydrogens is 445 g/mol. The van der Waals surface area contributed by atoms with Crippen LogP contribution in [0.25, 0.3) is 16.2 Å². The minimum atomic E-state index is 0.592. The highest BCUT2D eigenvalue weighted by atomic mass is 35.5. The minimum absolute atomic E-state index is 0.592. The van der Waals surface area contributed by atoms with E-state index in [2.05, 4.69) is 27.8 Å². The van der Waals surface area contributed by atoms with E-state index in [9.17, 15) is 0 Å². The van der Waals surface area contributed by atoms with Crippen molar-refractivity contribution >= 4 is 51.1 Å². The van der Waals surface area contributed by atoms with E-state index in [0.29, 0.717) is 10.0 Å². The number of imidazole rings is 1. The molecule has 2 heterocycles. The van der Waals surface area contributed by atoms with Gasteiger partial charge in [0.2, 0.25) is 0 Å². The molecule has 0 unspecified atom stereocenters. The van der Waals surface area contributed by atoms with Gasteiger partial charge in [-0.1, -0.05) is 59.9 Å². The summed E-state index contributed by atoms with van der Waals surface area (Å²) in [7, 11) is 0. The SMILES string of the molecule is CCN(CCc1ccc(Cl)c(Cl)c1)Cc1c(-c2ccc(Cl)cc2)nc2sccn12. The lowest BCUT2D eigenvalue weighted by Crippen LogP contribution is -2.26. The molecule has 0 N–H and O–H groups in total. The summed E-state index contributed by atoms with van der Waals surface area (Å²) in [5.74, 6) is 0. The van der Waals surface area contributed by atoms with Crippen LogP contribution in [0.3, 0.4) is 0 Å². The van der Waals surface area contributed by atoms with E-state index in [4.69, 9.17) is 39.8 Å². The Morgan fingerprint density at radius 2 is 1.83 bits per heavy atom. The molecular formula is C22H20Cl3N3S. The summed E-state index contributed by atoms with van der Waals surface area (Å²) in [5, 5.41) is 4.00. The van der Waals surface area contributed by atoms with Crippen molar-refractivity contribution in [2.45, 2.75) is 19.9 Å². The quantitative estimate of drug-likeness (QED) is 0.291. The summed E-state index contributed by atoms with van der Waals surface area (Å²) in [6, 6.07) is 13.7. The molecule has 4 aromatic rings. The number of aromatic nitrogens is 2. The van der Waals surface area contributed by atoms with Crippen molar-refractivity contribution in [2.75, 3.05) is 13.1 Å². The van der Waals surface area contributed by atoms with Gasteiger partial charge < -0.3 is 0 Å². The summed E-state index contributed by atoms with van der Waals surface area (Å²) in [5.41, 5.74) is 4.48. The smallest absolute Gasteiger partial charge is 0.194 e. The van der Waals surface area contributed by atoms with Crippen LogP contribution in [-0.4, -0.2) is 27.4 Å². The molecule has 29 heavy (non-hydrogen) atoms. The third-order valence-corrected chi connectivity index (χ3v) is 6.75. The zero-order chi connectivity index (χ0) is 20.4. The Kier molecular flexibility index (Phi) is 6.47. The van der Waals surface area contributed by atoms with Crippen molar-refractivity contribution in [3.05, 3.63) is 80.4 Å². The molecule has 0 saturated carbocycles. The topological polar surface area (TPSA) is 20.5 Å². The first kappa shape index (κ1) is 20.7. The van der Waals surface area contributed by atoms with Crippen LogP contribution in [0.5, 0.6) is 0 Å². The number of benzene rings is 2. The molecule has 150 valence electrons. The van der Waals surface area contributed by atoms with Gasteiger partial charge in [0.05, 0.1) is 21.4 Å². The van der Waals surface area contributed by atoms with Gasteiger partial charge in [0.1, 0.15) is 0 Å². The number of halogens is 3. The highest BCUT2D eigenvalue weighted by Gasteiger charge is 2.17. The lowest BCUT2D eigenvalue weighted by molar-refractivity contribution is 0.280. The van der Waals surface area contributed by atoms with Gasteiger partial charge in [0, 0.05) is 35.3 Å². The van der Waals surface area contributed by atoms with E-state index < -0.39 is 0 Å². The Balaban J connectivity index is 1.58. The van der Waals surface area contributed by atoms with Gasteiger partial charge in [-0.3, -0.25) is 9.30 Å². The van der Waals surface area contributed by atoms with Gasteiger partial charge in [-0.2, -0.15) is 0 Å². The van der Waals surface area contributed by atoms with Gasteiger partial charge in [-0.05, 0) is 42.8 Å². The van der Waals surface area contributed by atoms with Gasteiger partial charge in [0.25, 0.3) is 0 Å². The second-order valence-corrected chi connectivity index (χ2v) is 8.96. The van der Waals surface area contributed by atoms with Crippen molar-refractivity contribution in [2.24, 2.45) is 0 Å². The largest absolute Gasteiger partial charge is 0.297 e. The second-order valence-electron chi connectivity index (χ2n) is 6.84. The molecule has 0 radical (unpaired) electrons. The first-order valence-electron chi connectivity index (χ1n) is 9.42. The molecule has 0 aliphatic heterocycles. The zero-order valence-corrected chi connectivity index (χ0v) is 19.0. The molecule has 0 atom stereocenters. The van der Waals surface area contributed by atoms with E-state index in [1.807, 2.05) is 42.5 Å². The maximum absolute atomic E-state index is 6.17. The first-order valence-corrected chi connectivity index (χ1v) is 11.4. The minimum Gasteiger partial charge on any atom is -0.297 e. The standard InChI is InChI=1S/C22H20Cl3N3S/c1-2-27(10-9-15-3-8-18(24)19(25)13-15)14-20-21(16-4-6-17(23)7-5-16)26-22-28(20)11-12-29-22/h3-8,11-13H,2,9-10,14H2,1H3. The molecule has 3 nitrogen and oxygen atoms in total. The molecule has 0 aliphatic rings. The average Bonchev–Trinajstić information content (AvgIpc) is 3.30. The van der Waals surface area contributed by atoms with Crippen LogP contribution in [0.4, 0.5) is 0 Å². The molecule has 0 fully saturated rings. The van der Waals surface area contributed by atoms with E-state index in [-0.39, 0.29) is 0 Å². The number of likely N-dealkylation sites (N-methyl/N-ethyl adjacent to an activating group) is 1. The predicted molar refractivity (Wildman–Crippen MR) is 125 cm³/mol. The van der Waals surface area contributed by atoms with Crippen LogP contribution >= 0.6 is 46.1 Å². The summed E-state index contributed by atoms with van der Waals surface area (Å²) in [6.45, 7) is 4.86. The number of thiazole rings is 1. The van der Waals surface area contributed by atoms with Crippen molar-refractivity contribution in [3.63, 3.8) is 0 Å². The molecule has 0 saturated heterocycles. The van der Waals surface area contributed by atoms with Crippen molar-refractivity contribution in [1.29, 1.82) is 0 Å². The van der Waals surface area contributed by atoms with E-state index in [0.717, 1.165) is 47.3 Å². The molecule has 2 aromatic carbocycles. The fraction of sp³-hybridized carbons (Fsp3) is 0.227. The summed E-state index contributed by atoms with van der Waals surface area (Å²) < 4.78 is 2.19. The normalized spacial score (nSPS) is 11.6. The zero-order valence-electron chi connectivity index (χ0n) is 15.9. The highest BCUT2D eigenvalue weighted by Crippen LogP contribution is 2.29. The van der Waals surface area contributed by atoms with E-state index in [1.165, 1.54) is 11.3 Å². The van der Waals surface area contributed by atoms with Crippen LogP contribution in [0.1, 0.15) is 18.2 Å². The second kappa shape index (κ2) is 9.07. The number of rotatable bonds is 7. The van der Waals surface area contributed by atoms with Crippen LogP contribution < -0.4 is 0 Å². The lowest BCUT2D eigenvalue weighted by atomic mass is 10.1. The van der Waals surface area contributed by atoms with Crippen LogP contribution in [0.2, 0.25) is 15.1 Å². The summed E-state index contributed by atoms with van der Waals surface area (Å²) in [4.78, 5) is 8.30. The third-order valence-electron chi connectivity index (χ3n) is 5.00. The number of hydrogen-bond acceptors (Lipinski definition) is 3. The maximum atomic E-state index is 6.17. The van der Waals surface area contributed by atoms with Crippen molar-refractivity contribution in [3.8, 4) is 11.3 Å². The Morgan fingerprint density at radius 3 is 2.55 bits per heavy atom. The fourth-order valence-corrected chi connectivity index (χ4v) is 4.55. The van der Waals surface area contributed by atoms with Crippen LogP contribution in [0.15, 0.2) is 54.0 Å². The average molecular weight is 465 g/mol. The highest BCUT2D eigenvalue weighted by molar-refractivity contribution is 7.15. The number of fused-ring (bicyclic) bond motifs is 1. The number of hydrogen-bond donors (Lipinski definition) is 0. The van der Waals surface area contributed by atoms with Crippen LogP contribution in [0, 0.1) is 0 Å². The van der Waals surface area contributed by atoms with Gasteiger partial charge in [0.15, 0.2) is 4.96 Å². The van der Waals surface area contributed by atoms with Gasteiger partial charge >= 0.3 is 0 Å². The van der Waals surface area contributed by atoms with Gasteiger partial charge in [-0.15, -0.1) is 11.3 Å². The van der Waals surface area contributed by atoms with Crippen molar-refractivity contribution < 1.29 is 0 Å². The predicted octanol–water partition coefficient (Wildman–Crippen LogP) is 7.09. The maximum Gasteiger partial charge on any atom is 0.194 e. The van der Waals surface area contributed by atoms with Gasteiger partial charge in [-0.25, -0.2) is 4.98 Å². The van der Waals surface area contributed by atoms with E-state index >= 15 is 0 Å². The molecule has 4 rings (SSSR count). The fourth-order valence-electron chi connectivity index (χ4n) is 3.37. The summed E-state index contributed by atoms with van der Waals surface area (Å²) in [6.07, 6.45) is 3.00. The molecule has 0 aliphatic carbocycles. The monoisotopic (exact) mass is 463 g/mol. The Hall–Kier alpha value is -1.56. The molecule has 0 spiro atoms. The molecule has 0 amide bonds. The Bertz CT molecular complexity index is 1120.